The summed E-state index contributed by atoms with van der Waals surface area (Å²) in [5.41, 5.74) is 10.7. The fourth-order valence-electron chi connectivity index (χ4n) is 0.977. The standard InChI is InChI=1S/C8H22N4/c1-8(12-7-4-10)2-5-11-6-3-9/h8,11-12H,2-7,9-10H2,1H3/t8-/m0/s1. The maximum Gasteiger partial charge on any atom is 0.00769 e. The van der Waals surface area contributed by atoms with Gasteiger partial charge in [-0.25, -0.2) is 0 Å². The van der Waals surface area contributed by atoms with Crippen LogP contribution in [-0.2, 0) is 0 Å². The molecule has 0 aliphatic carbocycles. The number of nitrogens with one attached hydrogen (secondary N) is 2. The Bertz CT molecular complexity index is 87.1. The predicted octanol–water partition coefficient (Wildman–Crippen LogP) is -1.14. The Balaban J connectivity index is 3.02. The third-order valence-corrected chi connectivity index (χ3v) is 1.71. The summed E-state index contributed by atoms with van der Waals surface area (Å²) < 4.78 is 0. The van der Waals surface area contributed by atoms with Gasteiger partial charge in [0.1, 0.15) is 0 Å². The van der Waals surface area contributed by atoms with E-state index >= 15 is 0 Å². The summed E-state index contributed by atoms with van der Waals surface area (Å²) in [6, 6.07) is 0.541. The van der Waals surface area contributed by atoms with Gasteiger partial charge in [-0.1, -0.05) is 0 Å². The minimum absolute atomic E-state index is 0.541. The van der Waals surface area contributed by atoms with Gasteiger partial charge in [0, 0.05) is 32.2 Å². The maximum absolute atomic E-state index is 5.36. The van der Waals surface area contributed by atoms with Crippen molar-refractivity contribution in [1.29, 1.82) is 0 Å². The van der Waals surface area contributed by atoms with Crippen molar-refractivity contribution in [3.05, 3.63) is 0 Å². The quantitative estimate of drug-likeness (QED) is 0.351. The van der Waals surface area contributed by atoms with Gasteiger partial charge in [-0.15, -0.1) is 0 Å². The first-order chi connectivity index (χ1) is 5.81. The average molecular weight is 174 g/mol. The first-order valence-corrected chi connectivity index (χ1v) is 4.65. The van der Waals surface area contributed by atoms with Crippen molar-refractivity contribution < 1.29 is 0 Å². The monoisotopic (exact) mass is 174 g/mol. The van der Waals surface area contributed by atoms with Crippen molar-refractivity contribution in [3.63, 3.8) is 0 Å². The van der Waals surface area contributed by atoms with Crippen LogP contribution in [0.5, 0.6) is 0 Å². The van der Waals surface area contributed by atoms with Crippen molar-refractivity contribution >= 4 is 0 Å². The Morgan fingerprint density at radius 1 is 1.08 bits per heavy atom. The lowest BCUT2D eigenvalue weighted by atomic mass is 10.2. The van der Waals surface area contributed by atoms with Crippen molar-refractivity contribution in [2.45, 2.75) is 19.4 Å². The molecular formula is C8H22N4. The maximum atomic E-state index is 5.36. The highest BCUT2D eigenvalue weighted by atomic mass is 14.9. The van der Waals surface area contributed by atoms with Gasteiger partial charge in [-0.05, 0) is 19.9 Å². The molecule has 0 saturated carbocycles. The fourth-order valence-corrected chi connectivity index (χ4v) is 0.977. The molecule has 0 bridgehead atoms. The van der Waals surface area contributed by atoms with Gasteiger partial charge in [0.05, 0.1) is 0 Å². The largest absolute Gasteiger partial charge is 0.329 e. The van der Waals surface area contributed by atoms with Crippen molar-refractivity contribution in [2.24, 2.45) is 11.5 Å². The van der Waals surface area contributed by atoms with E-state index in [0.717, 1.165) is 26.1 Å². The lowest BCUT2D eigenvalue weighted by molar-refractivity contribution is 0.500. The van der Waals surface area contributed by atoms with E-state index in [1.165, 1.54) is 0 Å². The molecule has 6 N–H and O–H groups in total. The zero-order chi connectivity index (χ0) is 9.23. The number of hydrogen-bond donors (Lipinski definition) is 4. The summed E-state index contributed by atoms with van der Waals surface area (Å²) in [5.74, 6) is 0. The lowest BCUT2D eigenvalue weighted by Gasteiger charge is -2.12. The summed E-state index contributed by atoms with van der Waals surface area (Å²) in [4.78, 5) is 0. The van der Waals surface area contributed by atoms with Gasteiger partial charge >= 0.3 is 0 Å². The van der Waals surface area contributed by atoms with Gasteiger partial charge in [-0.3, -0.25) is 0 Å². The summed E-state index contributed by atoms with van der Waals surface area (Å²) >= 11 is 0. The summed E-state index contributed by atoms with van der Waals surface area (Å²) in [7, 11) is 0. The zero-order valence-electron chi connectivity index (χ0n) is 7.97. The molecule has 0 aromatic heterocycles. The van der Waals surface area contributed by atoms with Gasteiger partial charge in [-0.2, -0.15) is 0 Å². The van der Waals surface area contributed by atoms with E-state index in [1.807, 2.05) is 0 Å². The van der Waals surface area contributed by atoms with Crippen LogP contribution in [0.15, 0.2) is 0 Å². The molecule has 12 heavy (non-hydrogen) atoms. The van der Waals surface area contributed by atoms with Gasteiger partial charge in [0.25, 0.3) is 0 Å². The Kier molecular flexibility index (Phi) is 8.81. The number of hydrogen-bond acceptors (Lipinski definition) is 4. The number of rotatable bonds is 8. The van der Waals surface area contributed by atoms with Gasteiger partial charge in [0.15, 0.2) is 0 Å². The van der Waals surface area contributed by atoms with Crippen LogP contribution in [0.3, 0.4) is 0 Å². The van der Waals surface area contributed by atoms with E-state index in [-0.39, 0.29) is 0 Å². The third-order valence-electron chi connectivity index (χ3n) is 1.71. The molecule has 0 rings (SSSR count). The molecule has 0 aromatic carbocycles. The SMILES string of the molecule is C[C@@H](CCNCCN)NCCN. The van der Waals surface area contributed by atoms with Crippen LogP contribution in [-0.4, -0.2) is 38.8 Å². The Hall–Kier alpha value is -0.160. The molecule has 0 aliphatic heterocycles. The van der Waals surface area contributed by atoms with Crippen LogP contribution < -0.4 is 22.1 Å². The van der Waals surface area contributed by atoms with Crippen molar-refractivity contribution in [2.75, 3.05) is 32.7 Å². The molecule has 0 saturated heterocycles. The molecule has 0 unspecified atom stereocenters. The van der Waals surface area contributed by atoms with Gasteiger partial charge < -0.3 is 22.1 Å². The van der Waals surface area contributed by atoms with E-state index in [0.29, 0.717) is 19.1 Å². The predicted molar refractivity (Wildman–Crippen MR) is 53.1 cm³/mol. The molecule has 0 amide bonds. The second-order valence-electron chi connectivity index (χ2n) is 2.97. The summed E-state index contributed by atoms with van der Waals surface area (Å²) in [6.45, 7) is 6.42. The highest BCUT2D eigenvalue weighted by Gasteiger charge is 1.98. The molecule has 0 aliphatic rings. The van der Waals surface area contributed by atoms with E-state index < -0.39 is 0 Å². The normalized spacial score (nSPS) is 13.2. The molecule has 0 aromatic rings. The summed E-state index contributed by atoms with van der Waals surface area (Å²) in [6.07, 6.45) is 1.12. The highest BCUT2D eigenvalue weighted by molar-refractivity contribution is 4.62. The average Bonchev–Trinajstić information content (AvgIpc) is 2.09. The minimum Gasteiger partial charge on any atom is -0.329 e. The highest BCUT2D eigenvalue weighted by Crippen LogP contribution is 1.86. The third kappa shape index (κ3) is 7.94. The smallest absolute Gasteiger partial charge is 0.00769 e. The second-order valence-corrected chi connectivity index (χ2v) is 2.97. The molecule has 74 valence electrons. The van der Waals surface area contributed by atoms with E-state index in [9.17, 15) is 0 Å². The molecule has 0 fully saturated rings. The number of nitrogens with two attached hydrogens (primary N) is 2. The van der Waals surface area contributed by atoms with Crippen molar-refractivity contribution in [3.8, 4) is 0 Å². The van der Waals surface area contributed by atoms with Crippen LogP contribution >= 0.6 is 0 Å². The molecule has 0 spiro atoms. The molecular weight excluding hydrogens is 152 g/mol. The van der Waals surface area contributed by atoms with E-state index in [4.69, 9.17) is 11.5 Å². The molecule has 1 atom stereocenters. The minimum atomic E-state index is 0.541. The van der Waals surface area contributed by atoms with Crippen LogP contribution in [0.25, 0.3) is 0 Å². The van der Waals surface area contributed by atoms with Crippen LogP contribution in [0.2, 0.25) is 0 Å². The Morgan fingerprint density at radius 2 is 1.75 bits per heavy atom. The lowest BCUT2D eigenvalue weighted by Crippen LogP contribution is -2.34. The van der Waals surface area contributed by atoms with E-state index in [2.05, 4.69) is 17.6 Å². The first kappa shape index (κ1) is 11.8. The zero-order valence-corrected chi connectivity index (χ0v) is 7.97. The summed E-state index contributed by atoms with van der Waals surface area (Å²) in [5, 5.41) is 6.56. The topological polar surface area (TPSA) is 76.1 Å². The Morgan fingerprint density at radius 3 is 2.33 bits per heavy atom. The van der Waals surface area contributed by atoms with Crippen molar-refractivity contribution in [1.82, 2.24) is 10.6 Å². The Labute approximate surface area is 75.1 Å². The van der Waals surface area contributed by atoms with E-state index in [1.54, 1.807) is 0 Å². The van der Waals surface area contributed by atoms with Gasteiger partial charge in [0.2, 0.25) is 0 Å². The van der Waals surface area contributed by atoms with Crippen LogP contribution in [0, 0.1) is 0 Å². The first-order valence-electron chi connectivity index (χ1n) is 4.65. The molecule has 0 heterocycles. The molecule has 4 nitrogen and oxygen atoms in total. The van der Waals surface area contributed by atoms with Crippen LogP contribution in [0.4, 0.5) is 0 Å². The fraction of sp³-hybridized carbons (Fsp3) is 1.00. The second kappa shape index (κ2) is 8.93. The van der Waals surface area contributed by atoms with Crippen LogP contribution in [0.1, 0.15) is 13.3 Å². The molecule has 4 heteroatoms. The molecule has 0 radical (unpaired) electrons.